The lowest BCUT2D eigenvalue weighted by molar-refractivity contribution is -0.122. The number of nitrogens with zero attached hydrogens (tertiary/aromatic N) is 1. The van der Waals surface area contributed by atoms with Gasteiger partial charge in [0.15, 0.2) is 11.6 Å². The summed E-state index contributed by atoms with van der Waals surface area (Å²) in [6.45, 7) is 3.88. The van der Waals surface area contributed by atoms with Crippen molar-refractivity contribution in [1.82, 2.24) is 4.90 Å². The molecule has 7 nitrogen and oxygen atoms in total. The van der Waals surface area contributed by atoms with Gasteiger partial charge in [0, 0.05) is 23.0 Å². The van der Waals surface area contributed by atoms with E-state index in [0.717, 1.165) is 11.1 Å². The Morgan fingerprint density at radius 1 is 0.818 bits per heavy atom. The molecule has 4 atom stereocenters. The highest BCUT2D eigenvalue weighted by Crippen LogP contribution is 2.62. The minimum atomic E-state index is -1.38. The van der Waals surface area contributed by atoms with E-state index in [4.69, 9.17) is 9.47 Å². The first-order valence-corrected chi connectivity index (χ1v) is 14.8. The molecule has 1 saturated heterocycles. The van der Waals surface area contributed by atoms with Gasteiger partial charge in [-0.3, -0.25) is 14.4 Å². The van der Waals surface area contributed by atoms with Crippen LogP contribution in [0.25, 0.3) is 6.08 Å². The van der Waals surface area contributed by atoms with Crippen LogP contribution in [0.4, 0.5) is 5.69 Å². The van der Waals surface area contributed by atoms with Gasteiger partial charge in [-0.1, -0.05) is 42.5 Å². The number of hydrogen-bond donors (Lipinski definition) is 1. The van der Waals surface area contributed by atoms with Crippen LogP contribution in [0, 0.1) is 5.92 Å². The summed E-state index contributed by atoms with van der Waals surface area (Å²) < 4.78 is 11.2. The largest absolute Gasteiger partial charge is 0.497 e. The van der Waals surface area contributed by atoms with E-state index < -0.39 is 23.4 Å². The second-order valence-corrected chi connectivity index (χ2v) is 11.7. The monoisotopic (exact) mass is 584 g/mol. The minimum absolute atomic E-state index is 0.0157. The molecule has 0 saturated carbocycles. The Hall–Kier alpha value is -5.17. The van der Waals surface area contributed by atoms with Gasteiger partial charge in [-0.15, -0.1) is 0 Å². The normalized spacial score (nSPS) is 22.8. The van der Waals surface area contributed by atoms with E-state index in [9.17, 15) is 14.4 Å². The van der Waals surface area contributed by atoms with Crippen LogP contribution >= 0.6 is 0 Å². The van der Waals surface area contributed by atoms with E-state index in [1.807, 2.05) is 79.6 Å². The molecule has 220 valence electrons. The number of amides is 1. The molecule has 7 rings (SSSR count). The maximum absolute atomic E-state index is 14.9. The van der Waals surface area contributed by atoms with Gasteiger partial charge in [-0.25, -0.2) is 0 Å². The summed E-state index contributed by atoms with van der Waals surface area (Å²) in [5.74, 6) is -0.591. The summed E-state index contributed by atoms with van der Waals surface area (Å²) in [5.41, 5.74) is 2.68. The van der Waals surface area contributed by atoms with E-state index >= 15 is 0 Å². The molecule has 44 heavy (non-hydrogen) atoms. The fourth-order valence-corrected chi connectivity index (χ4v) is 7.24. The van der Waals surface area contributed by atoms with E-state index in [2.05, 4.69) is 5.32 Å². The van der Waals surface area contributed by atoms with Crippen molar-refractivity contribution >= 4 is 29.2 Å². The molecule has 0 bridgehead atoms. The maximum Gasteiger partial charge on any atom is 0.238 e. The Kier molecular flexibility index (Phi) is 6.61. The first-order valence-electron chi connectivity index (χ1n) is 14.8. The summed E-state index contributed by atoms with van der Waals surface area (Å²) in [7, 11) is 1.57. The number of ketones is 2. The summed E-state index contributed by atoms with van der Waals surface area (Å²) in [6, 6.07) is 27.7. The molecule has 0 radical (unpaired) electrons. The summed E-state index contributed by atoms with van der Waals surface area (Å²) >= 11 is 0. The van der Waals surface area contributed by atoms with Gasteiger partial charge in [-0.05, 0) is 91.2 Å². The Morgan fingerprint density at radius 2 is 1.45 bits per heavy atom. The molecule has 4 aromatic rings. The summed E-state index contributed by atoms with van der Waals surface area (Å²) in [6.07, 6.45) is 3.82. The van der Waals surface area contributed by atoms with Crippen LogP contribution in [0.15, 0.2) is 103 Å². The van der Waals surface area contributed by atoms with Crippen molar-refractivity contribution in [1.29, 1.82) is 0 Å². The van der Waals surface area contributed by atoms with Gasteiger partial charge in [-0.2, -0.15) is 0 Å². The van der Waals surface area contributed by atoms with Gasteiger partial charge in [0.2, 0.25) is 5.91 Å². The molecular weight excluding hydrogens is 552 g/mol. The molecule has 1 spiro atoms. The van der Waals surface area contributed by atoms with Crippen LogP contribution in [-0.2, 0) is 10.2 Å². The maximum atomic E-state index is 14.9. The van der Waals surface area contributed by atoms with Crippen molar-refractivity contribution in [3.63, 3.8) is 0 Å². The molecule has 0 aromatic heterocycles. The molecule has 3 aliphatic heterocycles. The average Bonchev–Trinajstić information content (AvgIpc) is 3.52. The third-order valence-corrected chi connectivity index (χ3v) is 9.01. The van der Waals surface area contributed by atoms with Crippen LogP contribution in [0.1, 0.15) is 57.3 Å². The number of ether oxygens (including phenoxy) is 2. The smallest absolute Gasteiger partial charge is 0.238 e. The Morgan fingerprint density at radius 3 is 2.16 bits per heavy atom. The lowest BCUT2D eigenvalue weighted by Crippen LogP contribution is -2.49. The van der Waals surface area contributed by atoms with Crippen molar-refractivity contribution in [3.8, 4) is 11.5 Å². The molecule has 1 amide bonds. The van der Waals surface area contributed by atoms with E-state index in [-0.39, 0.29) is 23.6 Å². The molecule has 1 N–H and O–H groups in total. The highest BCUT2D eigenvalue weighted by molar-refractivity contribution is 6.16. The molecule has 0 unspecified atom stereocenters. The zero-order chi connectivity index (χ0) is 30.6. The second kappa shape index (κ2) is 10.5. The van der Waals surface area contributed by atoms with Crippen LogP contribution in [-0.4, -0.2) is 41.6 Å². The number of Topliss-reactive ketones (excluding diaryl/α,β-unsaturated/α-hetero) is 2. The van der Waals surface area contributed by atoms with Crippen molar-refractivity contribution in [2.45, 2.75) is 37.5 Å². The van der Waals surface area contributed by atoms with E-state index in [0.29, 0.717) is 33.9 Å². The van der Waals surface area contributed by atoms with Crippen molar-refractivity contribution in [2.24, 2.45) is 5.92 Å². The van der Waals surface area contributed by atoms with Crippen LogP contribution in [0.2, 0.25) is 0 Å². The van der Waals surface area contributed by atoms with Gasteiger partial charge < -0.3 is 19.7 Å². The fourth-order valence-electron chi connectivity index (χ4n) is 7.24. The number of rotatable bonds is 7. The number of anilines is 1. The Labute approximate surface area is 256 Å². The quantitative estimate of drug-likeness (QED) is 0.251. The van der Waals surface area contributed by atoms with Gasteiger partial charge in [0.1, 0.15) is 23.0 Å². The van der Waals surface area contributed by atoms with Crippen LogP contribution < -0.4 is 14.8 Å². The number of para-hydroxylation sites is 1. The van der Waals surface area contributed by atoms with Crippen LogP contribution in [0.3, 0.4) is 0 Å². The fraction of sp³-hybridized carbons (Fsp3) is 0.216. The highest BCUT2D eigenvalue weighted by Gasteiger charge is 2.70. The molecule has 1 fully saturated rings. The van der Waals surface area contributed by atoms with Gasteiger partial charge >= 0.3 is 0 Å². The Bertz CT molecular complexity index is 1810. The molecule has 4 aromatic carbocycles. The van der Waals surface area contributed by atoms with Crippen molar-refractivity contribution in [3.05, 3.63) is 131 Å². The van der Waals surface area contributed by atoms with Gasteiger partial charge in [0.25, 0.3) is 0 Å². The SMILES string of the molecule is COc1ccc(C(=O)[C@H]2[C@@H](C(=O)c3ccc(OC(C)C)cc3)N3C=Cc4ccccc4[C@@H]3[C@@]23C(=O)Nc2ccccc23)cc1. The predicted molar refractivity (Wildman–Crippen MR) is 168 cm³/mol. The molecular formula is C37H32N2O5. The number of carbonyl (C=O) groups excluding carboxylic acids is 3. The number of fused-ring (bicyclic) bond motifs is 6. The number of hydrogen-bond acceptors (Lipinski definition) is 6. The lowest BCUT2D eigenvalue weighted by atomic mass is 9.62. The van der Waals surface area contributed by atoms with Crippen molar-refractivity contribution in [2.75, 3.05) is 12.4 Å². The average molecular weight is 585 g/mol. The molecule has 7 heteroatoms. The standard InChI is InChI=1S/C37H32N2O5/c1-22(2)44-27-18-14-25(15-19-27)34(41)32-31(33(40)24-12-16-26(43-3)17-13-24)37(29-10-6-7-11-30(29)38-36(37)42)35-28-9-5-4-8-23(28)20-21-39(32)35/h4-22,31-32,35H,1-3H3,(H,38,42)/t31-,32+,35-,37+/m1/s1. The Balaban J connectivity index is 1.46. The zero-order valence-corrected chi connectivity index (χ0v) is 24.7. The first kappa shape index (κ1) is 27.7. The first-order chi connectivity index (χ1) is 21.3. The van der Waals surface area contributed by atoms with E-state index in [1.165, 1.54) is 0 Å². The lowest BCUT2D eigenvalue weighted by Gasteiger charge is -2.38. The second-order valence-electron chi connectivity index (χ2n) is 11.7. The number of nitrogens with one attached hydrogen (secondary N) is 1. The summed E-state index contributed by atoms with van der Waals surface area (Å²) in [5, 5.41) is 3.08. The minimum Gasteiger partial charge on any atom is -0.497 e. The zero-order valence-electron chi connectivity index (χ0n) is 24.7. The third-order valence-electron chi connectivity index (χ3n) is 9.01. The van der Waals surface area contributed by atoms with E-state index in [1.54, 1.807) is 55.6 Å². The molecule has 0 aliphatic carbocycles. The van der Waals surface area contributed by atoms with Crippen LogP contribution in [0.5, 0.6) is 11.5 Å². The predicted octanol–water partition coefficient (Wildman–Crippen LogP) is 6.46. The highest BCUT2D eigenvalue weighted by atomic mass is 16.5. The van der Waals surface area contributed by atoms with Gasteiger partial charge in [0.05, 0.1) is 25.2 Å². The number of methoxy groups -OCH3 is 1. The summed E-state index contributed by atoms with van der Waals surface area (Å²) in [4.78, 5) is 46.1. The molecule has 3 heterocycles. The topological polar surface area (TPSA) is 84.9 Å². The third kappa shape index (κ3) is 4.07. The van der Waals surface area contributed by atoms with Crippen molar-refractivity contribution < 1.29 is 23.9 Å². The molecule has 3 aliphatic rings. The number of carbonyl (C=O) groups is 3. The number of benzene rings is 4.